The van der Waals surface area contributed by atoms with Gasteiger partial charge in [-0.1, -0.05) is 30.3 Å². The Bertz CT molecular complexity index is 1030. The lowest BCUT2D eigenvalue weighted by molar-refractivity contribution is -0.153. The Morgan fingerprint density at radius 3 is 2.62 bits per heavy atom. The summed E-state index contributed by atoms with van der Waals surface area (Å²) < 4.78 is 37.8. The van der Waals surface area contributed by atoms with Crippen molar-refractivity contribution in [1.82, 2.24) is 9.62 Å². The van der Waals surface area contributed by atoms with E-state index >= 15 is 0 Å². The fourth-order valence-electron chi connectivity index (χ4n) is 3.50. The molecule has 0 spiro atoms. The molecule has 3 rings (SSSR count). The van der Waals surface area contributed by atoms with Crippen LogP contribution in [0.4, 0.5) is 0 Å². The topological polar surface area (TPSA) is 102 Å². The van der Waals surface area contributed by atoms with Crippen LogP contribution in [0, 0.1) is 6.92 Å². The van der Waals surface area contributed by atoms with Crippen LogP contribution in [0.15, 0.2) is 59.5 Å². The lowest BCUT2D eigenvalue weighted by Gasteiger charge is -2.32. The first-order valence-electron chi connectivity index (χ1n) is 10.6. The molecule has 1 fully saturated rings. The van der Waals surface area contributed by atoms with Gasteiger partial charge in [0.05, 0.1) is 11.4 Å². The molecule has 1 N–H and O–H groups in total. The number of esters is 1. The molecule has 0 aromatic heterocycles. The van der Waals surface area contributed by atoms with Crippen LogP contribution in [0.3, 0.4) is 0 Å². The second kappa shape index (κ2) is 11.1. The van der Waals surface area contributed by atoms with E-state index in [9.17, 15) is 18.0 Å². The van der Waals surface area contributed by atoms with E-state index in [1.54, 1.807) is 18.2 Å². The molecule has 0 aliphatic carbocycles. The zero-order valence-corrected chi connectivity index (χ0v) is 18.8. The van der Waals surface area contributed by atoms with Gasteiger partial charge in [-0.2, -0.15) is 4.31 Å². The van der Waals surface area contributed by atoms with Crippen LogP contribution in [0.2, 0.25) is 0 Å². The highest BCUT2D eigenvalue weighted by molar-refractivity contribution is 7.89. The quantitative estimate of drug-likeness (QED) is 0.455. The van der Waals surface area contributed by atoms with E-state index in [0.717, 1.165) is 5.56 Å². The fraction of sp³-hybridized carbons (Fsp3) is 0.391. The Balaban J connectivity index is 1.48. The van der Waals surface area contributed by atoms with Crippen molar-refractivity contribution in [3.8, 4) is 5.75 Å². The summed E-state index contributed by atoms with van der Waals surface area (Å²) in [5.41, 5.74) is 1.07. The monoisotopic (exact) mass is 460 g/mol. The Labute approximate surface area is 188 Å². The van der Waals surface area contributed by atoms with Crippen molar-refractivity contribution >= 4 is 21.9 Å². The summed E-state index contributed by atoms with van der Waals surface area (Å²) in [6, 6.07) is 14.6. The lowest BCUT2D eigenvalue weighted by Crippen LogP contribution is -2.49. The molecule has 1 amide bonds. The van der Waals surface area contributed by atoms with E-state index in [0.29, 0.717) is 25.0 Å². The molecule has 172 valence electrons. The molecule has 2 aromatic rings. The third-order valence-electron chi connectivity index (χ3n) is 5.10. The minimum atomic E-state index is -3.83. The molecule has 1 heterocycles. The van der Waals surface area contributed by atoms with E-state index in [1.807, 2.05) is 31.2 Å². The number of aryl methyl sites for hydroxylation is 1. The largest absolute Gasteiger partial charge is 0.492 e. The molecule has 1 aliphatic heterocycles. The van der Waals surface area contributed by atoms with Crippen LogP contribution in [0.5, 0.6) is 5.75 Å². The number of rotatable bonds is 9. The number of amides is 1. The number of ether oxygens (including phenoxy) is 2. The number of hydrogen-bond donors (Lipinski definition) is 1. The average Bonchev–Trinajstić information content (AvgIpc) is 2.81. The molecule has 0 bridgehead atoms. The number of carbonyl (C=O) groups excluding carboxylic acids is 2. The van der Waals surface area contributed by atoms with Gasteiger partial charge in [-0.25, -0.2) is 8.42 Å². The van der Waals surface area contributed by atoms with E-state index in [1.165, 1.54) is 16.4 Å². The molecular formula is C23H28N2O6S. The van der Waals surface area contributed by atoms with Gasteiger partial charge < -0.3 is 14.8 Å². The van der Waals surface area contributed by atoms with Crippen molar-refractivity contribution in [2.24, 2.45) is 0 Å². The highest BCUT2D eigenvalue weighted by Gasteiger charge is 2.38. The Morgan fingerprint density at radius 2 is 1.88 bits per heavy atom. The Kier molecular flexibility index (Phi) is 8.24. The van der Waals surface area contributed by atoms with E-state index in [2.05, 4.69) is 5.32 Å². The minimum absolute atomic E-state index is 0.131. The van der Waals surface area contributed by atoms with Gasteiger partial charge in [0.2, 0.25) is 10.0 Å². The first kappa shape index (κ1) is 23.7. The summed E-state index contributed by atoms with van der Waals surface area (Å²) in [6.07, 6.45) is 1.73. The normalized spacial score (nSPS) is 16.8. The fourth-order valence-corrected chi connectivity index (χ4v) is 5.17. The van der Waals surface area contributed by atoms with Crippen molar-refractivity contribution in [2.45, 2.75) is 37.1 Å². The van der Waals surface area contributed by atoms with Crippen LogP contribution < -0.4 is 10.1 Å². The van der Waals surface area contributed by atoms with Crippen molar-refractivity contribution < 1.29 is 27.5 Å². The molecule has 0 saturated carbocycles. The average molecular weight is 461 g/mol. The lowest BCUT2D eigenvalue weighted by atomic mass is 10.1. The Morgan fingerprint density at radius 1 is 1.09 bits per heavy atom. The van der Waals surface area contributed by atoms with E-state index in [-0.39, 0.29) is 24.6 Å². The zero-order chi connectivity index (χ0) is 23.0. The molecule has 1 aliphatic rings. The van der Waals surface area contributed by atoms with Crippen molar-refractivity contribution in [3.63, 3.8) is 0 Å². The van der Waals surface area contributed by atoms with Crippen LogP contribution in [-0.2, 0) is 24.3 Å². The highest BCUT2D eigenvalue weighted by atomic mass is 32.2. The molecule has 1 atom stereocenters. The van der Waals surface area contributed by atoms with E-state index in [4.69, 9.17) is 9.47 Å². The van der Waals surface area contributed by atoms with Gasteiger partial charge in [-0.3, -0.25) is 9.59 Å². The number of piperidine rings is 1. The van der Waals surface area contributed by atoms with Gasteiger partial charge in [0.25, 0.3) is 5.91 Å². The van der Waals surface area contributed by atoms with Crippen LogP contribution >= 0.6 is 0 Å². The summed E-state index contributed by atoms with van der Waals surface area (Å²) in [6.45, 7) is 2.25. The van der Waals surface area contributed by atoms with Crippen molar-refractivity contribution in [3.05, 3.63) is 60.2 Å². The van der Waals surface area contributed by atoms with Crippen LogP contribution in [0.25, 0.3) is 0 Å². The molecule has 1 unspecified atom stereocenters. The van der Waals surface area contributed by atoms with Crippen molar-refractivity contribution in [1.29, 1.82) is 0 Å². The van der Waals surface area contributed by atoms with Gasteiger partial charge in [0.15, 0.2) is 6.61 Å². The summed E-state index contributed by atoms with van der Waals surface area (Å²) in [5, 5.41) is 2.62. The standard InChI is InChI=1S/C23H28N2O6S/c1-18-8-7-9-19(16-18)30-15-13-24-22(26)17-31-23(27)21-12-5-6-14-25(21)32(28,29)20-10-3-2-4-11-20/h2-4,7-11,16,21H,5-6,12-15,17H2,1H3,(H,24,26). The van der Waals surface area contributed by atoms with Gasteiger partial charge in [-0.15, -0.1) is 0 Å². The van der Waals surface area contributed by atoms with Crippen molar-refractivity contribution in [2.75, 3.05) is 26.3 Å². The second-order valence-corrected chi connectivity index (χ2v) is 9.45. The first-order valence-corrected chi connectivity index (χ1v) is 12.0. The highest BCUT2D eigenvalue weighted by Crippen LogP contribution is 2.26. The summed E-state index contributed by atoms with van der Waals surface area (Å²) in [7, 11) is -3.83. The predicted molar refractivity (Wildman–Crippen MR) is 119 cm³/mol. The Hall–Kier alpha value is -2.91. The molecule has 1 saturated heterocycles. The first-order chi connectivity index (χ1) is 15.4. The summed E-state index contributed by atoms with van der Waals surface area (Å²) in [5.74, 6) is -0.475. The zero-order valence-electron chi connectivity index (χ0n) is 18.0. The maximum absolute atomic E-state index is 13.0. The van der Waals surface area contributed by atoms with Crippen LogP contribution in [-0.4, -0.2) is 56.9 Å². The van der Waals surface area contributed by atoms with Crippen LogP contribution in [0.1, 0.15) is 24.8 Å². The van der Waals surface area contributed by atoms with Gasteiger partial charge >= 0.3 is 5.97 Å². The summed E-state index contributed by atoms with van der Waals surface area (Å²) >= 11 is 0. The number of carbonyl (C=O) groups is 2. The summed E-state index contributed by atoms with van der Waals surface area (Å²) in [4.78, 5) is 24.8. The number of sulfonamides is 1. The molecule has 0 radical (unpaired) electrons. The molecular weight excluding hydrogens is 432 g/mol. The number of nitrogens with zero attached hydrogens (tertiary/aromatic N) is 1. The maximum atomic E-state index is 13.0. The third kappa shape index (κ3) is 6.30. The second-order valence-electron chi connectivity index (χ2n) is 7.56. The third-order valence-corrected chi connectivity index (χ3v) is 7.03. The van der Waals surface area contributed by atoms with E-state index < -0.39 is 34.5 Å². The van der Waals surface area contributed by atoms with Gasteiger partial charge in [0.1, 0.15) is 18.4 Å². The number of benzene rings is 2. The predicted octanol–water partition coefficient (Wildman–Crippen LogP) is 2.28. The molecule has 8 nitrogen and oxygen atoms in total. The molecule has 9 heteroatoms. The SMILES string of the molecule is Cc1cccc(OCCNC(=O)COC(=O)C2CCCCN2S(=O)(=O)c2ccccc2)c1. The smallest absolute Gasteiger partial charge is 0.324 e. The number of nitrogens with one attached hydrogen (secondary N) is 1. The molecule has 32 heavy (non-hydrogen) atoms. The minimum Gasteiger partial charge on any atom is -0.492 e. The number of hydrogen-bond acceptors (Lipinski definition) is 6. The molecule has 2 aromatic carbocycles. The van der Waals surface area contributed by atoms with Gasteiger partial charge in [0, 0.05) is 6.54 Å². The maximum Gasteiger partial charge on any atom is 0.324 e. The van der Waals surface area contributed by atoms with Gasteiger partial charge in [-0.05, 0) is 56.0 Å².